The molecule has 25 heavy (non-hydrogen) atoms. The van der Waals surface area contributed by atoms with E-state index < -0.39 is 0 Å². The molecule has 5 heteroatoms. The van der Waals surface area contributed by atoms with Crippen LogP contribution in [-0.4, -0.2) is 58.7 Å². The van der Waals surface area contributed by atoms with Gasteiger partial charge in [-0.2, -0.15) is 0 Å². The van der Waals surface area contributed by atoms with Crippen LogP contribution in [0.1, 0.15) is 64.7 Å². The molecule has 136 valence electrons. The minimum atomic E-state index is -0.00815. The highest BCUT2D eigenvalue weighted by molar-refractivity contribution is 6.02. The first-order valence-corrected chi connectivity index (χ1v) is 9.67. The molecule has 4 heterocycles. The Morgan fingerprint density at radius 1 is 1.08 bits per heavy atom. The molecule has 1 amide bonds. The average Bonchev–Trinajstić information content (AvgIpc) is 3.36. The Labute approximate surface area is 149 Å². The van der Waals surface area contributed by atoms with Crippen molar-refractivity contribution in [3.05, 3.63) is 22.5 Å². The maximum atomic E-state index is 13.3. The molecule has 1 aromatic heterocycles. The summed E-state index contributed by atoms with van der Waals surface area (Å²) < 4.78 is 0. The number of nitrogens with zero attached hydrogens (tertiary/aromatic N) is 2. The molecule has 0 aromatic carbocycles. The van der Waals surface area contributed by atoms with Gasteiger partial charge >= 0.3 is 0 Å². The van der Waals surface area contributed by atoms with Crippen molar-refractivity contribution in [1.82, 2.24) is 14.8 Å². The molecule has 1 saturated carbocycles. The first-order valence-electron chi connectivity index (χ1n) is 9.67. The van der Waals surface area contributed by atoms with Crippen LogP contribution in [0.15, 0.2) is 0 Å². The Balaban J connectivity index is 1.56. The number of nitrogens with one attached hydrogen (secondary N) is 1. The third-order valence-corrected chi connectivity index (χ3v) is 6.31. The number of H-pyrrole nitrogens is 1. The second-order valence-electron chi connectivity index (χ2n) is 8.39. The van der Waals surface area contributed by atoms with Gasteiger partial charge in [0.05, 0.1) is 11.3 Å². The summed E-state index contributed by atoms with van der Waals surface area (Å²) in [5.74, 6) is 1.58. The van der Waals surface area contributed by atoms with Crippen molar-refractivity contribution in [2.24, 2.45) is 11.8 Å². The highest BCUT2D eigenvalue weighted by Crippen LogP contribution is 2.35. The van der Waals surface area contributed by atoms with Crippen LogP contribution in [0.2, 0.25) is 0 Å². The highest BCUT2D eigenvalue weighted by atomic mass is 16.2. The van der Waals surface area contributed by atoms with Crippen LogP contribution in [0.4, 0.5) is 0 Å². The number of carbonyl (C=O) groups excluding carboxylic acids is 2. The van der Waals surface area contributed by atoms with Crippen molar-refractivity contribution in [2.75, 3.05) is 26.2 Å². The van der Waals surface area contributed by atoms with E-state index in [-0.39, 0.29) is 11.7 Å². The fourth-order valence-electron chi connectivity index (χ4n) is 4.78. The number of carbonyl (C=O) groups is 2. The zero-order chi connectivity index (χ0) is 17.7. The number of piperidine rings is 1. The Bertz CT molecular complexity index is 704. The zero-order valence-corrected chi connectivity index (χ0v) is 15.6. The number of aromatic nitrogens is 1. The van der Waals surface area contributed by atoms with Crippen molar-refractivity contribution in [2.45, 2.75) is 52.5 Å². The molecular formula is C20H29N3O2. The van der Waals surface area contributed by atoms with Gasteiger partial charge in [0.25, 0.3) is 5.91 Å². The summed E-state index contributed by atoms with van der Waals surface area (Å²) in [5, 5.41) is 0. The van der Waals surface area contributed by atoms with E-state index in [1.54, 1.807) is 6.92 Å². The van der Waals surface area contributed by atoms with Gasteiger partial charge in [-0.3, -0.25) is 14.5 Å². The molecule has 1 N–H and O–H groups in total. The number of hydrogen-bond donors (Lipinski definition) is 1. The topological polar surface area (TPSA) is 56.4 Å². The summed E-state index contributed by atoms with van der Waals surface area (Å²) in [5.41, 5.74) is 2.91. The second-order valence-corrected chi connectivity index (χ2v) is 8.39. The molecule has 3 aliphatic heterocycles. The van der Waals surface area contributed by atoms with Crippen LogP contribution in [0.3, 0.4) is 0 Å². The molecule has 0 radical (unpaired) electrons. The maximum Gasteiger partial charge on any atom is 0.256 e. The van der Waals surface area contributed by atoms with Crippen LogP contribution in [0, 0.1) is 25.7 Å². The lowest BCUT2D eigenvalue weighted by molar-refractivity contribution is 0.0735. The van der Waals surface area contributed by atoms with Crippen LogP contribution in [0.5, 0.6) is 0 Å². The number of hydrogen-bond acceptors (Lipinski definition) is 3. The summed E-state index contributed by atoms with van der Waals surface area (Å²) in [7, 11) is 0. The lowest BCUT2D eigenvalue weighted by Gasteiger charge is -2.36. The van der Waals surface area contributed by atoms with E-state index >= 15 is 0 Å². The van der Waals surface area contributed by atoms with Gasteiger partial charge in [0, 0.05) is 44.8 Å². The van der Waals surface area contributed by atoms with E-state index in [1.165, 1.54) is 32.2 Å². The van der Waals surface area contributed by atoms with E-state index in [0.717, 1.165) is 36.8 Å². The predicted molar refractivity (Wildman–Crippen MR) is 97.0 cm³/mol. The van der Waals surface area contributed by atoms with E-state index in [4.69, 9.17) is 0 Å². The smallest absolute Gasteiger partial charge is 0.256 e. The molecule has 5 rings (SSSR count). The Kier molecular flexibility index (Phi) is 4.22. The van der Waals surface area contributed by atoms with Crippen molar-refractivity contribution in [3.8, 4) is 0 Å². The number of aromatic amines is 1. The standard InChI is InChI=1S/C20H29N3O2/c1-12-18(13(2)21-19(12)14(3)24)20(25)23-10-16-6-7-17(11-23)22(9-16)8-15-4-5-15/h15-17,21H,4-11H2,1-3H3/t16-,17-/m1/s1. The molecule has 0 spiro atoms. The first-order chi connectivity index (χ1) is 11.9. The Morgan fingerprint density at radius 2 is 1.84 bits per heavy atom. The van der Waals surface area contributed by atoms with E-state index in [0.29, 0.717) is 23.2 Å². The van der Waals surface area contributed by atoms with Gasteiger partial charge in [-0.1, -0.05) is 0 Å². The first kappa shape index (κ1) is 16.8. The summed E-state index contributed by atoms with van der Waals surface area (Å²) >= 11 is 0. The van der Waals surface area contributed by atoms with Gasteiger partial charge in [-0.25, -0.2) is 0 Å². The zero-order valence-electron chi connectivity index (χ0n) is 15.6. The molecule has 4 aliphatic rings. The molecular weight excluding hydrogens is 314 g/mol. The Morgan fingerprint density at radius 3 is 2.48 bits per heavy atom. The molecule has 0 unspecified atom stereocenters. The molecule has 2 bridgehead atoms. The highest BCUT2D eigenvalue weighted by Gasteiger charge is 2.39. The van der Waals surface area contributed by atoms with Crippen molar-refractivity contribution in [1.29, 1.82) is 0 Å². The number of Topliss-reactive ketones (excluding diaryl/α,β-unsaturated/α-hetero) is 1. The number of ketones is 1. The van der Waals surface area contributed by atoms with Gasteiger partial charge in [0.1, 0.15) is 0 Å². The predicted octanol–water partition coefficient (Wildman–Crippen LogP) is 2.78. The van der Waals surface area contributed by atoms with E-state index in [1.807, 2.05) is 13.8 Å². The van der Waals surface area contributed by atoms with Crippen molar-refractivity contribution < 1.29 is 9.59 Å². The number of amides is 1. The van der Waals surface area contributed by atoms with Gasteiger partial charge in [0.15, 0.2) is 5.78 Å². The number of aryl methyl sites for hydroxylation is 1. The lowest BCUT2D eigenvalue weighted by Crippen LogP contribution is -2.45. The third-order valence-electron chi connectivity index (χ3n) is 6.31. The Hall–Kier alpha value is -1.62. The second kappa shape index (κ2) is 6.27. The largest absolute Gasteiger partial charge is 0.355 e. The molecule has 1 aromatic rings. The minimum absolute atomic E-state index is 0.00815. The van der Waals surface area contributed by atoms with Gasteiger partial charge in [-0.05, 0) is 56.9 Å². The van der Waals surface area contributed by atoms with Crippen LogP contribution in [0.25, 0.3) is 0 Å². The molecule has 5 nitrogen and oxygen atoms in total. The van der Waals surface area contributed by atoms with Gasteiger partial charge < -0.3 is 9.88 Å². The van der Waals surface area contributed by atoms with Crippen molar-refractivity contribution in [3.63, 3.8) is 0 Å². The van der Waals surface area contributed by atoms with Crippen LogP contribution >= 0.6 is 0 Å². The van der Waals surface area contributed by atoms with Gasteiger partial charge in [0.2, 0.25) is 0 Å². The normalized spacial score (nSPS) is 26.8. The number of rotatable bonds is 4. The minimum Gasteiger partial charge on any atom is -0.355 e. The molecule has 4 fully saturated rings. The summed E-state index contributed by atoms with van der Waals surface area (Å²) in [6.45, 7) is 9.40. The van der Waals surface area contributed by atoms with Gasteiger partial charge in [-0.15, -0.1) is 0 Å². The third kappa shape index (κ3) is 3.14. The SMILES string of the molecule is CC(=O)c1[nH]c(C)c(C(=O)N2C[C@@H]3CC[C@H](C2)N(CC2CC2)C3)c1C. The number of fused-ring (bicyclic) bond motifs is 4. The fourth-order valence-corrected chi connectivity index (χ4v) is 4.78. The lowest BCUT2D eigenvalue weighted by atomic mass is 9.95. The fraction of sp³-hybridized carbons (Fsp3) is 0.700. The van der Waals surface area contributed by atoms with Crippen molar-refractivity contribution >= 4 is 11.7 Å². The summed E-state index contributed by atoms with van der Waals surface area (Å²) in [4.78, 5) is 32.9. The monoisotopic (exact) mass is 343 g/mol. The maximum absolute atomic E-state index is 13.3. The molecule has 2 atom stereocenters. The summed E-state index contributed by atoms with van der Waals surface area (Å²) in [6.07, 6.45) is 5.21. The average molecular weight is 343 g/mol. The quantitative estimate of drug-likeness (QED) is 0.855. The van der Waals surface area contributed by atoms with E-state index in [2.05, 4.69) is 14.8 Å². The van der Waals surface area contributed by atoms with Crippen LogP contribution < -0.4 is 0 Å². The van der Waals surface area contributed by atoms with E-state index in [9.17, 15) is 9.59 Å². The molecule has 1 aliphatic carbocycles. The summed E-state index contributed by atoms with van der Waals surface area (Å²) in [6, 6.07) is 0.509. The van der Waals surface area contributed by atoms with Crippen LogP contribution in [-0.2, 0) is 0 Å². The molecule has 3 saturated heterocycles.